The summed E-state index contributed by atoms with van der Waals surface area (Å²) in [5, 5.41) is 13.0. The minimum absolute atomic E-state index is 0.0891. The maximum absolute atomic E-state index is 12.3. The first-order valence-corrected chi connectivity index (χ1v) is 6.95. The number of carbonyl (C=O) groups is 2. The molecule has 0 unspecified atom stereocenters. The highest BCUT2D eigenvalue weighted by molar-refractivity contribution is 6.44. The molecule has 0 bridgehead atoms. The number of para-hydroxylation sites is 1. The van der Waals surface area contributed by atoms with E-state index >= 15 is 0 Å². The predicted molar refractivity (Wildman–Crippen MR) is 86.2 cm³/mol. The minimum atomic E-state index is -0.801. The highest BCUT2D eigenvalue weighted by Gasteiger charge is 2.22. The van der Waals surface area contributed by atoms with Gasteiger partial charge in [-0.2, -0.15) is 0 Å². The van der Waals surface area contributed by atoms with Crippen molar-refractivity contribution in [2.75, 3.05) is 16.8 Å². The molecule has 2 amide bonds. The third kappa shape index (κ3) is 3.91. The summed E-state index contributed by atoms with van der Waals surface area (Å²) < 4.78 is 0. The maximum atomic E-state index is 12.3. The number of hydrogen-bond acceptors (Lipinski definition) is 4. The average Bonchev–Trinajstić information content (AvgIpc) is 2.57. The normalized spacial score (nSPS) is 9.96. The van der Waals surface area contributed by atoms with E-state index in [1.807, 2.05) is 6.07 Å². The van der Waals surface area contributed by atoms with Gasteiger partial charge in [-0.3, -0.25) is 19.7 Å². The van der Waals surface area contributed by atoms with Crippen molar-refractivity contribution < 1.29 is 14.5 Å². The number of nitro groups is 1. The number of carbonyl (C=O) groups excluding carboxylic acids is 2. The molecule has 7 nitrogen and oxygen atoms in total. The van der Waals surface area contributed by atoms with E-state index in [4.69, 9.17) is 0 Å². The van der Waals surface area contributed by atoms with Gasteiger partial charge in [0.2, 0.25) is 0 Å². The molecule has 0 radical (unpaired) electrons. The average molecular weight is 313 g/mol. The number of anilines is 2. The number of amides is 2. The van der Waals surface area contributed by atoms with Gasteiger partial charge in [0.1, 0.15) is 0 Å². The summed E-state index contributed by atoms with van der Waals surface area (Å²) in [5.74, 6) is -1.50. The predicted octanol–water partition coefficient (Wildman–Crippen LogP) is 2.59. The van der Waals surface area contributed by atoms with Crippen LogP contribution in [0, 0.1) is 10.1 Å². The van der Waals surface area contributed by atoms with Crippen molar-refractivity contribution in [3.8, 4) is 0 Å². The molecule has 0 aromatic heterocycles. The van der Waals surface area contributed by atoms with Crippen LogP contribution in [0.3, 0.4) is 0 Å². The van der Waals surface area contributed by atoms with Crippen molar-refractivity contribution in [1.82, 2.24) is 0 Å². The Morgan fingerprint density at radius 2 is 1.70 bits per heavy atom. The lowest BCUT2D eigenvalue weighted by atomic mass is 10.2. The largest absolute Gasteiger partial charge is 0.318 e. The fourth-order valence-corrected chi connectivity index (χ4v) is 2.02. The van der Waals surface area contributed by atoms with E-state index in [9.17, 15) is 19.7 Å². The van der Waals surface area contributed by atoms with Gasteiger partial charge in [-0.15, -0.1) is 0 Å². The van der Waals surface area contributed by atoms with E-state index in [2.05, 4.69) is 5.32 Å². The maximum Gasteiger partial charge on any atom is 0.316 e. The summed E-state index contributed by atoms with van der Waals surface area (Å²) in [5.41, 5.74) is 0.853. The van der Waals surface area contributed by atoms with Crippen LogP contribution in [0.1, 0.15) is 6.92 Å². The highest BCUT2D eigenvalue weighted by atomic mass is 16.6. The molecule has 0 fully saturated rings. The Morgan fingerprint density at radius 3 is 2.22 bits per heavy atom. The number of likely N-dealkylation sites (N-methyl/N-ethyl adjacent to an activating group) is 1. The van der Waals surface area contributed by atoms with Gasteiger partial charge in [-0.05, 0) is 31.2 Å². The van der Waals surface area contributed by atoms with Gasteiger partial charge in [0.15, 0.2) is 0 Å². The molecule has 0 atom stereocenters. The number of non-ortho nitro benzene ring substituents is 1. The van der Waals surface area contributed by atoms with Gasteiger partial charge in [0.25, 0.3) is 5.69 Å². The van der Waals surface area contributed by atoms with Crippen molar-refractivity contribution in [3.05, 3.63) is 64.7 Å². The van der Waals surface area contributed by atoms with E-state index < -0.39 is 16.7 Å². The summed E-state index contributed by atoms with van der Waals surface area (Å²) in [7, 11) is 0. The number of nitro benzene ring substituents is 1. The molecule has 2 aromatic carbocycles. The first-order valence-electron chi connectivity index (χ1n) is 6.95. The summed E-state index contributed by atoms with van der Waals surface area (Å²) in [6.45, 7) is 2.11. The Kier molecular flexibility index (Phi) is 5.03. The zero-order valence-electron chi connectivity index (χ0n) is 12.4. The minimum Gasteiger partial charge on any atom is -0.318 e. The topological polar surface area (TPSA) is 92.6 Å². The van der Waals surface area contributed by atoms with Gasteiger partial charge in [-0.1, -0.05) is 18.2 Å². The second-order valence-electron chi connectivity index (χ2n) is 4.64. The number of rotatable bonds is 4. The molecule has 0 saturated carbocycles. The second-order valence-corrected chi connectivity index (χ2v) is 4.64. The van der Waals surface area contributed by atoms with Gasteiger partial charge < -0.3 is 10.2 Å². The summed E-state index contributed by atoms with van der Waals surface area (Å²) in [4.78, 5) is 35.7. The van der Waals surface area contributed by atoms with Crippen LogP contribution < -0.4 is 10.2 Å². The van der Waals surface area contributed by atoms with Crippen molar-refractivity contribution in [2.45, 2.75) is 6.92 Å². The van der Waals surface area contributed by atoms with E-state index in [0.29, 0.717) is 17.9 Å². The van der Waals surface area contributed by atoms with Crippen LogP contribution in [-0.2, 0) is 9.59 Å². The zero-order valence-corrected chi connectivity index (χ0v) is 12.4. The molecule has 0 heterocycles. The Hall–Kier alpha value is -3.22. The molecule has 2 rings (SSSR count). The van der Waals surface area contributed by atoms with Crippen LogP contribution in [-0.4, -0.2) is 23.3 Å². The molecule has 0 spiro atoms. The quantitative estimate of drug-likeness (QED) is 0.533. The smallest absolute Gasteiger partial charge is 0.316 e. The van der Waals surface area contributed by atoms with Gasteiger partial charge in [0, 0.05) is 30.1 Å². The Balaban J connectivity index is 2.10. The van der Waals surface area contributed by atoms with Crippen molar-refractivity contribution >= 4 is 28.9 Å². The molecule has 0 saturated heterocycles. The summed E-state index contributed by atoms with van der Waals surface area (Å²) in [6.07, 6.45) is 0. The standard InChI is InChI=1S/C16H15N3O4/c1-2-18(13-6-4-3-5-7-13)16(21)15(20)17-12-8-10-14(11-9-12)19(22)23/h3-11H,2H2,1H3,(H,17,20). The first-order chi connectivity index (χ1) is 11.0. The molecular weight excluding hydrogens is 298 g/mol. The van der Waals surface area contributed by atoms with Crippen LogP contribution in [0.4, 0.5) is 17.1 Å². The van der Waals surface area contributed by atoms with Crippen molar-refractivity contribution in [2.24, 2.45) is 0 Å². The third-order valence-electron chi connectivity index (χ3n) is 3.16. The molecule has 118 valence electrons. The first kappa shape index (κ1) is 16.2. The van der Waals surface area contributed by atoms with E-state index in [1.54, 1.807) is 31.2 Å². The van der Waals surface area contributed by atoms with Crippen LogP contribution in [0.15, 0.2) is 54.6 Å². The van der Waals surface area contributed by atoms with E-state index in [1.165, 1.54) is 29.2 Å². The Morgan fingerprint density at radius 1 is 1.09 bits per heavy atom. The Labute approximate surface area is 132 Å². The molecular formula is C16H15N3O4. The third-order valence-corrected chi connectivity index (χ3v) is 3.16. The zero-order chi connectivity index (χ0) is 16.8. The molecule has 7 heteroatoms. The van der Waals surface area contributed by atoms with Crippen LogP contribution in [0.5, 0.6) is 0 Å². The lowest BCUT2D eigenvalue weighted by Crippen LogP contribution is -2.39. The number of benzene rings is 2. The fourth-order valence-electron chi connectivity index (χ4n) is 2.02. The van der Waals surface area contributed by atoms with Gasteiger partial charge in [0.05, 0.1) is 4.92 Å². The Bertz CT molecular complexity index is 714. The molecule has 23 heavy (non-hydrogen) atoms. The number of hydrogen-bond donors (Lipinski definition) is 1. The van der Waals surface area contributed by atoms with E-state index in [0.717, 1.165) is 0 Å². The van der Waals surface area contributed by atoms with Crippen molar-refractivity contribution in [1.29, 1.82) is 0 Å². The monoisotopic (exact) mass is 313 g/mol. The van der Waals surface area contributed by atoms with Crippen molar-refractivity contribution in [3.63, 3.8) is 0 Å². The lowest BCUT2D eigenvalue weighted by Gasteiger charge is -2.20. The van der Waals surface area contributed by atoms with E-state index in [-0.39, 0.29) is 5.69 Å². The van der Waals surface area contributed by atoms with Gasteiger partial charge >= 0.3 is 11.8 Å². The second kappa shape index (κ2) is 7.17. The number of nitrogens with one attached hydrogen (secondary N) is 1. The highest BCUT2D eigenvalue weighted by Crippen LogP contribution is 2.17. The number of nitrogens with zero attached hydrogens (tertiary/aromatic N) is 2. The van der Waals surface area contributed by atoms with Crippen LogP contribution >= 0.6 is 0 Å². The summed E-state index contributed by atoms with van der Waals surface area (Å²) in [6, 6.07) is 14.1. The fraction of sp³-hybridized carbons (Fsp3) is 0.125. The molecule has 2 aromatic rings. The molecule has 0 aliphatic rings. The molecule has 0 aliphatic carbocycles. The molecule has 1 N–H and O–H groups in total. The lowest BCUT2D eigenvalue weighted by molar-refractivity contribution is -0.384. The van der Waals surface area contributed by atoms with Crippen LogP contribution in [0.25, 0.3) is 0 Å². The summed E-state index contributed by atoms with van der Waals surface area (Å²) >= 11 is 0. The van der Waals surface area contributed by atoms with Crippen LogP contribution in [0.2, 0.25) is 0 Å². The van der Waals surface area contributed by atoms with Gasteiger partial charge in [-0.25, -0.2) is 0 Å². The SMILES string of the molecule is CCN(C(=O)C(=O)Nc1ccc([N+](=O)[O-])cc1)c1ccccc1. The molecule has 0 aliphatic heterocycles.